The highest BCUT2D eigenvalue weighted by atomic mass is 79.9. The summed E-state index contributed by atoms with van der Waals surface area (Å²) in [6.45, 7) is 5.86. The molecule has 0 spiro atoms. The number of carbonyl (C=O) groups is 3. The molecular formula is C23H23BrN2O5. The summed E-state index contributed by atoms with van der Waals surface area (Å²) in [5, 5.41) is 2.22. The van der Waals surface area contributed by atoms with Crippen molar-refractivity contribution in [2.24, 2.45) is 0 Å². The van der Waals surface area contributed by atoms with Gasteiger partial charge in [0.2, 0.25) is 0 Å². The van der Waals surface area contributed by atoms with Gasteiger partial charge in [-0.1, -0.05) is 24.6 Å². The van der Waals surface area contributed by atoms with Crippen LogP contribution in [0.5, 0.6) is 11.5 Å². The lowest BCUT2D eigenvalue weighted by Crippen LogP contribution is -2.54. The Morgan fingerprint density at radius 1 is 1.16 bits per heavy atom. The summed E-state index contributed by atoms with van der Waals surface area (Å²) in [5.74, 6) is -0.465. The molecule has 7 nitrogen and oxygen atoms in total. The Hall–Kier alpha value is -3.13. The van der Waals surface area contributed by atoms with Crippen molar-refractivity contribution in [1.82, 2.24) is 5.32 Å². The number of hydrogen-bond acceptors (Lipinski definition) is 5. The van der Waals surface area contributed by atoms with Crippen molar-refractivity contribution in [1.29, 1.82) is 0 Å². The number of nitrogens with zero attached hydrogens (tertiary/aromatic N) is 1. The summed E-state index contributed by atoms with van der Waals surface area (Å²) in [6.07, 6.45) is 2.22. The fourth-order valence-electron chi connectivity index (χ4n) is 2.97. The second-order valence-electron chi connectivity index (χ2n) is 7.16. The van der Waals surface area contributed by atoms with E-state index < -0.39 is 17.8 Å². The highest BCUT2D eigenvalue weighted by Gasteiger charge is 2.36. The topological polar surface area (TPSA) is 84.9 Å². The zero-order valence-electron chi connectivity index (χ0n) is 17.7. The fraction of sp³-hybridized carbons (Fsp3) is 0.261. The Morgan fingerprint density at radius 2 is 1.84 bits per heavy atom. The van der Waals surface area contributed by atoms with Gasteiger partial charge in [-0.05, 0) is 72.1 Å². The van der Waals surface area contributed by atoms with Crippen LogP contribution in [0.4, 0.5) is 10.5 Å². The lowest BCUT2D eigenvalue weighted by atomic mass is 10.1. The van der Waals surface area contributed by atoms with Gasteiger partial charge in [0.25, 0.3) is 11.8 Å². The molecule has 8 heteroatoms. The standard InChI is InChI=1S/C23H23BrN2O5/c1-5-14(3)31-20-18(24)11-15(12-19(20)30-4)10-17-21(27)25-23(29)26(22(17)28)16-8-6-13(2)7-9-16/h6-12,14H,5H2,1-4H3,(H,25,27,29)/b17-10+/t14-/m1/s1. The van der Waals surface area contributed by atoms with Gasteiger partial charge in [-0.2, -0.15) is 0 Å². The number of anilines is 1. The third-order valence-electron chi connectivity index (χ3n) is 4.85. The lowest BCUT2D eigenvalue weighted by molar-refractivity contribution is -0.122. The molecule has 31 heavy (non-hydrogen) atoms. The maximum atomic E-state index is 13.0. The Balaban J connectivity index is 2.00. The van der Waals surface area contributed by atoms with Crippen molar-refractivity contribution in [3.63, 3.8) is 0 Å². The SMILES string of the molecule is CC[C@@H](C)Oc1c(Br)cc(/C=C2\C(=O)NC(=O)N(c3ccc(C)cc3)C2=O)cc1OC. The number of urea groups is 1. The highest BCUT2D eigenvalue weighted by molar-refractivity contribution is 9.10. The van der Waals surface area contributed by atoms with Gasteiger partial charge in [-0.15, -0.1) is 0 Å². The van der Waals surface area contributed by atoms with E-state index in [0.717, 1.165) is 16.9 Å². The monoisotopic (exact) mass is 486 g/mol. The van der Waals surface area contributed by atoms with Gasteiger partial charge in [-0.25, -0.2) is 9.69 Å². The van der Waals surface area contributed by atoms with Crippen molar-refractivity contribution < 1.29 is 23.9 Å². The molecule has 0 bridgehead atoms. The number of amides is 4. The van der Waals surface area contributed by atoms with E-state index in [2.05, 4.69) is 21.2 Å². The number of methoxy groups -OCH3 is 1. The van der Waals surface area contributed by atoms with Gasteiger partial charge < -0.3 is 9.47 Å². The Bertz CT molecular complexity index is 1060. The van der Waals surface area contributed by atoms with Gasteiger partial charge in [0.15, 0.2) is 11.5 Å². The molecule has 0 saturated carbocycles. The second-order valence-corrected chi connectivity index (χ2v) is 8.02. The van der Waals surface area contributed by atoms with E-state index in [1.807, 2.05) is 20.8 Å². The maximum Gasteiger partial charge on any atom is 0.335 e. The molecule has 162 valence electrons. The van der Waals surface area contributed by atoms with E-state index in [4.69, 9.17) is 9.47 Å². The minimum Gasteiger partial charge on any atom is -0.493 e. The molecule has 2 aromatic rings. The average Bonchev–Trinajstić information content (AvgIpc) is 2.73. The zero-order valence-corrected chi connectivity index (χ0v) is 19.3. The molecule has 4 amide bonds. The number of halogens is 1. The average molecular weight is 487 g/mol. The third-order valence-corrected chi connectivity index (χ3v) is 5.44. The molecule has 1 aliphatic rings. The van der Waals surface area contributed by atoms with Crippen LogP contribution in [0.15, 0.2) is 46.4 Å². The second kappa shape index (κ2) is 9.34. The van der Waals surface area contributed by atoms with Crippen molar-refractivity contribution in [3.8, 4) is 11.5 Å². The highest BCUT2D eigenvalue weighted by Crippen LogP contribution is 2.38. The Labute approximate surface area is 189 Å². The molecule has 0 aliphatic carbocycles. The number of aryl methyl sites for hydroxylation is 1. The summed E-state index contributed by atoms with van der Waals surface area (Å²) < 4.78 is 12.0. The maximum absolute atomic E-state index is 13.0. The van der Waals surface area contributed by atoms with Crippen molar-refractivity contribution >= 4 is 45.5 Å². The number of barbiturate groups is 1. The zero-order chi connectivity index (χ0) is 22.7. The number of nitrogens with one attached hydrogen (secondary N) is 1. The molecule has 1 fully saturated rings. The van der Waals surface area contributed by atoms with E-state index in [1.54, 1.807) is 36.4 Å². The number of carbonyl (C=O) groups excluding carboxylic acids is 3. The Kier molecular flexibility index (Phi) is 6.80. The smallest absolute Gasteiger partial charge is 0.335 e. The van der Waals surface area contributed by atoms with Gasteiger partial charge in [0.05, 0.1) is 23.4 Å². The molecule has 3 rings (SSSR count). The van der Waals surface area contributed by atoms with E-state index in [9.17, 15) is 14.4 Å². The first-order valence-corrected chi connectivity index (χ1v) is 10.6. The van der Waals surface area contributed by atoms with Crippen LogP contribution in [0, 0.1) is 6.92 Å². The minimum absolute atomic E-state index is 0.0193. The minimum atomic E-state index is -0.785. The molecule has 1 atom stereocenters. The first kappa shape index (κ1) is 22.6. The van der Waals surface area contributed by atoms with Crippen LogP contribution >= 0.6 is 15.9 Å². The van der Waals surface area contributed by atoms with Crippen molar-refractivity contribution in [2.45, 2.75) is 33.3 Å². The number of rotatable bonds is 6. The molecule has 1 aliphatic heterocycles. The third kappa shape index (κ3) is 4.80. The van der Waals surface area contributed by atoms with Crippen LogP contribution < -0.4 is 19.7 Å². The molecule has 1 N–H and O–H groups in total. The molecule has 2 aromatic carbocycles. The van der Waals surface area contributed by atoms with Gasteiger partial charge in [0, 0.05) is 0 Å². The predicted octanol–water partition coefficient (Wildman–Crippen LogP) is 4.61. The molecule has 0 aromatic heterocycles. The van der Waals surface area contributed by atoms with Gasteiger partial charge in [-0.3, -0.25) is 14.9 Å². The van der Waals surface area contributed by atoms with Crippen LogP contribution in [-0.2, 0) is 9.59 Å². The lowest BCUT2D eigenvalue weighted by Gasteiger charge is -2.26. The summed E-state index contributed by atoms with van der Waals surface area (Å²) in [4.78, 5) is 38.7. The molecule has 0 radical (unpaired) electrons. The van der Waals surface area contributed by atoms with Crippen LogP contribution in [0.2, 0.25) is 0 Å². The summed E-state index contributed by atoms with van der Waals surface area (Å²) >= 11 is 3.47. The van der Waals surface area contributed by atoms with E-state index in [1.165, 1.54) is 13.2 Å². The summed E-state index contributed by atoms with van der Waals surface area (Å²) in [5.41, 5.74) is 1.74. The van der Waals surface area contributed by atoms with Crippen LogP contribution in [-0.4, -0.2) is 31.1 Å². The summed E-state index contributed by atoms with van der Waals surface area (Å²) in [6, 6.07) is 9.48. The van der Waals surface area contributed by atoms with Crippen LogP contribution in [0.25, 0.3) is 6.08 Å². The van der Waals surface area contributed by atoms with E-state index >= 15 is 0 Å². The largest absolute Gasteiger partial charge is 0.493 e. The number of imide groups is 2. The first-order valence-electron chi connectivity index (χ1n) is 9.77. The van der Waals surface area contributed by atoms with Crippen molar-refractivity contribution in [3.05, 3.63) is 57.6 Å². The molecule has 1 saturated heterocycles. The molecule has 0 unspecified atom stereocenters. The number of benzene rings is 2. The number of hydrogen-bond donors (Lipinski definition) is 1. The quantitative estimate of drug-likeness (QED) is 0.475. The first-order chi connectivity index (χ1) is 14.7. The fourth-order valence-corrected chi connectivity index (χ4v) is 3.53. The number of ether oxygens (including phenoxy) is 2. The predicted molar refractivity (Wildman–Crippen MR) is 121 cm³/mol. The summed E-state index contributed by atoms with van der Waals surface area (Å²) in [7, 11) is 1.51. The Morgan fingerprint density at radius 3 is 2.45 bits per heavy atom. The van der Waals surface area contributed by atoms with Gasteiger partial charge in [0.1, 0.15) is 5.57 Å². The van der Waals surface area contributed by atoms with Crippen LogP contribution in [0.1, 0.15) is 31.4 Å². The normalized spacial score (nSPS) is 16.4. The van der Waals surface area contributed by atoms with Crippen LogP contribution in [0.3, 0.4) is 0 Å². The van der Waals surface area contributed by atoms with Gasteiger partial charge >= 0.3 is 6.03 Å². The van der Waals surface area contributed by atoms with E-state index in [0.29, 0.717) is 27.2 Å². The molecule has 1 heterocycles. The van der Waals surface area contributed by atoms with E-state index in [-0.39, 0.29) is 11.7 Å². The van der Waals surface area contributed by atoms with Crippen molar-refractivity contribution in [2.75, 3.05) is 12.0 Å². The molecular weight excluding hydrogens is 464 g/mol.